The van der Waals surface area contributed by atoms with Crippen molar-refractivity contribution in [3.05, 3.63) is 35.9 Å². The molecule has 0 aliphatic carbocycles. The molecule has 0 atom stereocenters. The summed E-state index contributed by atoms with van der Waals surface area (Å²) in [6.45, 7) is 4.77. The number of hydrogen-bond acceptors (Lipinski definition) is 4. The molecular formula is C18H30IN5O2S. The van der Waals surface area contributed by atoms with Gasteiger partial charge in [0.05, 0.1) is 6.26 Å². The Balaban J connectivity index is 0.00000261. The van der Waals surface area contributed by atoms with Gasteiger partial charge in [-0.1, -0.05) is 30.3 Å². The summed E-state index contributed by atoms with van der Waals surface area (Å²) in [6, 6.07) is 10.9. The Morgan fingerprint density at radius 2 is 1.85 bits per heavy atom. The lowest BCUT2D eigenvalue weighted by Crippen LogP contribution is -2.51. The van der Waals surface area contributed by atoms with Crippen molar-refractivity contribution in [1.82, 2.24) is 14.5 Å². The van der Waals surface area contributed by atoms with Crippen LogP contribution in [0.3, 0.4) is 0 Å². The van der Waals surface area contributed by atoms with Gasteiger partial charge >= 0.3 is 0 Å². The van der Waals surface area contributed by atoms with Crippen LogP contribution >= 0.6 is 24.0 Å². The summed E-state index contributed by atoms with van der Waals surface area (Å²) in [5.41, 5.74) is 7.35. The maximum atomic E-state index is 11.4. The topological polar surface area (TPSA) is 91.0 Å². The molecule has 152 valence electrons. The van der Waals surface area contributed by atoms with E-state index in [1.165, 1.54) is 16.1 Å². The SMILES string of the molecule is CS(=O)(=O)N1CC(CN=C(N)NC2CCN(Cc3ccccc3)CC2)C1.I. The van der Waals surface area contributed by atoms with E-state index >= 15 is 0 Å². The minimum absolute atomic E-state index is 0. The van der Waals surface area contributed by atoms with E-state index in [2.05, 4.69) is 39.5 Å². The monoisotopic (exact) mass is 507 g/mol. The van der Waals surface area contributed by atoms with Gasteiger partial charge in [0.25, 0.3) is 0 Å². The van der Waals surface area contributed by atoms with E-state index in [0.717, 1.165) is 32.5 Å². The van der Waals surface area contributed by atoms with Crippen LogP contribution in [-0.4, -0.2) is 68.6 Å². The van der Waals surface area contributed by atoms with Gasteiger partial charge in [0.1, 0.15) is 0 Å². The molecule has 0 radical (unpaired) electrons. The molecule has 0 aromatic heterocycles. The second-order valence-corrected chi connectivity index (χ2v) is 9.33. The summed E-state index contributed by atoms with van der Waals surface area (Å²) in [5, 5.41) is 3.32. The molecular weight excluding hydrogens is 477 g/mol. The van der Waals surface area contributed by atoms with E-state index in [0.29, 0.717) is 31.6 Å². The fourth-order valence-electron chi connectivity index (χ4n) is 3.47. The number of guanidine groups is 1. The van der Waals surface area contributed by atoms with Gasteiger partial charge in [-0.15, -0.1) is 24.0 Å². The van der Waals surface area contributed by atoms with Crippen LogP contribution < -0.4 is 11.1 Å². The Hall–Kier alpha value is -0.910. The van der Waals surface area contributed by atoms with Crippen molar-refractivity contribution in [3.8, 4) is 0 Å². The second-order valence-electron chi connectivity index (χ2n) is 7.35. The van der Waals surface area contributed by atoms with Crippen LogP contribution in [0, 0.1) is 5.92 Å². The van der Waals surface area contributed by atoms with Crippen molar-refractivity contribution in [2.75, 3.05) is 39.0 Å². The van der Waals surface area contributed by atoms with Crippen LogP contribution in [0.1, 0.15) is 18.4 Å². The summed E-state index contributed by atoms with van der Waals surface area (Å²) < 4.78 is 24.2. The van der Waals surface area contributed by atoms with E-state index in [1.807, 2.05) is 6.07 Å². The third kappa shape index (κ3) is 6.88. The summed E-state index contributed by atoms with van der Waals surface area (Å²) in [4.78, 5) is 6.86. The number of sulfonamides is 1. The third-order valence-corrected chi connectivity index (χ3v) is 6.34. The third-order valence-electron chi connectivity index (χ3n) is 5.10. The van der Waals surface area contributed by atoms with Crippen molar-refractivity contribution in [2.45, 2.75) is 25.4 Å². The normalized spacial score (nSPS) is 20.7. The van der Waals surface area contributed by atoms with Crippen molar-refractivity contribution >= 4 is 40.0 Å². The summed E-state index contributed by atoms with van der Waals surface area (Å²) in [5.74, 6) is 0.752. The number of hydrogen-bond donors (Lipinski definition) is 2. The summed E-state index contributed by atoms with van der Waals surface area (Å²) in [7, 11) is -3.05. The highest BCUT2D eigenvalue weighted by Gasteiger charge is 2.32. The highest BCUT2D eigenvalue weighted by molar-refractivity contribution is 14.0. The highest BCUT2D eigenvalue weighted by atomic mass is 127. The first kappa shape index (κ1) is 22.4. The van der Waals surface area contributed by atoms with Crippen LogP contribution in [-0.2, 0) is 16.6 Å². The lowest BCUT2D eigenvalue weighted by Gasteiger charge is -2.36. The summed E-state index contributed by atoms with van der Waals surface area (Å²) >= 11 is 0. The van der Waals surface area contributed by atoms with Gasteiger partial charge in [0.2, 0.25) is 10.0 Å². The molecule has 0 unspecified atom stereocenters. The number of nitrogens with zero attached hydrogens (tertiary/aromatic N) is 3. The van der Waals surface area contributed by atoms with Gasteiger partial charge < -0.3 is 11.1 Å². The molecule has 0 amide bonds. The van der Waals surface area contributed by atoms with E-state index in [-0.39, 0.29) is 29.9 Å². The van der Waals surface area contributed by atoms with Crippen LogP contribution in [0.15, 0.2) is 35.3 Å². The number of aliphatic imine (C=N–C) groups is 1. The molecule has 3 N–H and O–H groups in total. The van der Waals surface area contributed by atoms with E-state index < -0.39 is 10.0 Å². The van der Waals surface area contributed by atoms with Crippen molar-refractivity contribution in [3.63, 3.8) is 0 Å². The summed E-state index contributed by atoms with van der Waals surface area (Å²) in [6.07, 6.45) is 3.34. The molecule has 3 rings (SSSR count). The quantitative estimate of drug-likeness (QED) is 0.342. The maximum absolute atomic E-state index is 11.4. The average Bonchev–Trinajstić information content (AvgIpc) is 2.55. The molecule has 27 heavy (non-hydrogen) atoms. The van der Waals surface area contributed by atoms with Crippen LogP contribution in [0.25, 0.3) is 0 Å². The lowest BCUT2D eigenvalue weighted by atomic mass is 10.0. The molecule has 2 aliphatic heterocycles. The fraction of sp³-hybridized carbons (Fsp3) is 0.611. The molecule has 0 bridgehead atoms. The van der Waals surface area contributed by atoms with E-state index in [1.54, 1.807) is 0 Å². The van der Waals surface area contributed by atoms with Gasteiger partial charge in [-0.25, -0.2) is 12.7 Å². The van der Waals surface area contributed by atoms with Gasteiger partial charge in [-0.05, 0) is 18.4 Å². The molecule has 2 heterocycles. The van der Waals surface area contributed by atoms with Gasteiger partial charge in [-0.2, -0.15) is 0 Å². The van der Waals surface area contributed by atoms with Gasteiger partial charge in [0.15, 0.2) is 5.96 Å². The number of nitrogens with two attached hydrogens (primary N) is 1. The first-order valence-electron chi connectivity index (χ1n) is 9.18. The predicted molar refractivity (Wildman–Crippen MR) is 120 cm³/mol. The number of piperidine rings is 1. The molecule has 7 nitrogen and oxygen atoms in total. The zero-order valence-electron chi connectivity index (χ0n) is 15.8. The molecule has 2 aliphatic rings. The Morgan fingerprint density at radius 1 is 1.22 bits per heavy atom. The van der Waals surface area contributed by atoms with Crippen LogP contribution in [0.4, 0.5) is 0 Å². The maximum Gasteiger partial charge on any atom is 0.211 e. The zero-order chi connectivity index (χ0) is 18.6. The predicted octanol–water partition coefficient (Wildman–Crippen LogP) is 1.06. The van der Waals surface area contributed by atoms with Crippen molar-refractivity contribution in [2.24, 2.45) is 16.6 Å². The zero-order valence-corrected chi connectivity index (χ0v) is 18.9. The van der Waals surface area contributed by atoms with Gasteiger partial charge in [-0.3, -0.25) is 9.89 Å². The first-order valence-corrected chi connectivity index (χ1v) is 11.0. The molecule has 1 aromatic carbocycles. The molecule has 9 heteroatoms. The molecule has 2 saturated heterocycles. The van der Waals surface area contributed by atoms with E-state index in [9.17, 15) is 8.42 Å². The number of benzene rings is 1. The average molecular weight is 507 g/mol. The molecule has 0 spiro atoms. The van der Waals surface area contributed by atoms with Crippen molar-refractivity contribution in [1.29, 1.82) is 0 Å². The number of nitrogens with one attached hydrogen (secondary N) is 1. The van der Waals surface area contributed by atoms with Gasteiger partial charge in [0, 0.05) is 51.2 Å². The molecule has 2 fully saturated rings. The minimum Gasteiger partial charge on any atom is -0.370 e. The van der Waals surface area contributed by atoms with Crippen molar-refractivity contribution < 1.29 is 8.42 Å². The van der Waals surface area contributed by atoms with E-state index in [4.69, 9.17) is 5.73 Å². The largest absolute Gasteiger partial charge is 0.370 e. The Kier molecular flexibility index (Phi) is 8.32. The number of rotatable bonds is 6. The Morgan fingerprint density at radius 3 is 2.44 bits per heavy atom. The standard InChI is InChI=1S/C18H29N5O2S.HI/c1-26(24,25)23-13-16(14-23)11-20-18(19)21-17-7-9-22(10-8-17)12-15-5-3-2-4-6-15;/h2-6,16-17H,7-14H2,1H3,(H3,19,20,21);1H. The second kappa shape index (κ2) is 10.0. The Bertz CT molecular complexity index is 715. The first-order chi connectivity index (χ1) is 12.4. The smallest absolute Gasteiger partial charge is 0.211 e. The number of likely N-dealkylation sites (tertiary alicyclic amines) is 1. The lowest BCUT2D eigenvalue weighted by molar-refractivity contribution is 0.198. The van der Waals surface area contributed by atoms with Crippen LogP contribution in [0.5, 0.6) is 0 Å². The minimum atomic E-state index is -3.05. The molecule has 0 saturated carbocycles. The molecule has 1 aromatic rings. The highest BCUT2D eigenvalue weighted by Crippen LogP contribution is 2.19. The number of halogens is 1. The fourth-order valence-corrected chi connectivity index (χ4v) is 4.43. The van der Waals surface area contributed by atoms with Crippen LogP contribution in [0.2, 0.25) is 0 Å². The Labute approximate surface area is 179 Å².